The van der Waals surface area contributed by atoms with Crippen LogP contribution in [0.5, 0.6) is 0 Å². The maximum atomic E-state index is 12.8. The van der Waals surface area contributed by atoms with Gasteiger partial charge in [-0.15, -0.1) is 0 Å². The van der Waals surface area contributed by atoms with Crippen molar-refractivity contribution in [3.8, 4) is 0 Å². The number of carbonyl (C=O) groups is 1. The highest BCUT2D eigenvalue weighted by molar-refractivity contribution is 6.05. The number of carbonyl (C=O) groups excluding carboxylic acids is 1. The van der Waals surface area contributed by atoms with Gasteiger partial charge in [0.05, 0.1) is 11.4 Å². The minimum absolute atomic E-state index is 0.111. The van der Waals surface area contributed by atoms with Crippen LogP contribution in [0.15, 0.2) is 42.5 Å². The second-order valence-corrected chi connectivity index (χ2v) is 5.52. The molecule has 2 aromatic rings. The summed E-state index contributed by atoms with van der Waals surface area (Å²) in [6, 6.07) is 13.8. The molecule has 0 spiro atoms. The number of aryl methyl sites for hydroxylation is 2. The average Bonchev–Trinajstić information content (AvgIpc) is 2.50. The summed E-state index contributed by atoms with van der Waals surface area (Å²) in [5.74, 6) is 0.111. The molecule has 0 radical (unpaired) electrons. The molecule has 2 aromatic carbocycles. The molecule has 0 saturated heterocycles. The third-order valence-electron chi connectivity index (χ3n) is 4.16. The smallest absolute Gasteiger partial charge is 0.254 e. The zero-order chi connectivity index (χ0) is 15.0. The first-order chi connectivity index (χ1) is 10.1. The summed E-state index contributed by atoms with van der Waals surface area (Å²) in [5.41, 5.74) is 5.47. The zero-order valence-electron chi connectivity index (χ0n) is 12.7. The normalized spacial score (nSPS) is 17.4. The Labute approximate surface area is 125 Å². The summed E-state index contributed by atoms with van der Waals surface area (Å²) in [7, 11) is 0. The number of rotatable bonds is 2. The standard InChI is InChI=1S/C18H20N2O/c1-4-20-16-11-13(3)12(2)10-15(16)19-17(18(20)21)14-8-6-5-7-9-14/h5-11,17,19H,4H2,1-3H3. The Kier molecular flexibility index (Phi) is 3.42. The van der Waals surface area contributed by atoms with Crippen LogP contribution in [-0.4, -0.2) is 12.5 Å². The maximum absolute atomic E-state index is 12.8. The van der Waals surface area contributed by atoms with Gasteiger partial charge in [0.2, 0.25) is 0 Å². The quantitative estimate of drug-likeness (QED) is 0.907. The van der Waals surface area contributed by atoms with Gasteiger partial charge in [0.1, 0.15) is 6.04 Å². The Balaban J connectivity index is 2.09. The molecule has 1 N–H and O–H groups in total. The average molecular weight is 280 g/mol. The van der Waals surface area contributed by atoms with E-state index < -0.39 is 0 Å². The summed E-state index contributed by atoms with van der Waals surface area (Å²) in [6.07, 6.45) is 0. The van der Waals surface area contributed by atoms with Crippen molar-refractivity contribution in [2.45, 2.75) is 26.8 Å². The van der Waals surface area contributed by atoms with Crippen molar-refractivity contribution in [2.24, 2.45) is 0 Å². The molecule has 1 heterocycles. The van der Waals surface area contributed by atoms with Crippen LogP contribution in [0.1, 0.15) is 29.7 Å². The Hall–Kier alpha value is -2.29. The maximum Gasteiger partial charge on any atom is 0.254 e. The lowest BCUT2D eigenvalue weighted by atomic mass is 9.99. The van der Waals surface area contributed by atoms with Crippen molar-refractivity contribution in [1.29, 1.82) is 0 Å². The fourth-order valence-electron chi connectivity index (χ4n) is 2.83. The van der Waals surface area contributed by atoms with Gasteiger partial charge in [0, 0.05) is 6.54 Å². The molecule has 0 aromatic heterocycles. The third-order valence-corrected chi connectivity index (χ3v) is 4.16. The molecule has 1 aliphatic rings. The number of likely N-dealkylation sites (N-methyl/N-ethyl adjacent to an activating group) is 1. The first kappa shape index (κ1) is 13.7. The fraction of sp³-hybridized carbons (Fsp3) is 0.278. The van der Waals surface area contributed by atoms with Crippen molar-refractivity contribution in [3.63, 3.8) is 0 Å². The van der Waals surface area contributed by atoms with Gasteiger partial charge in [-0.3, -0.25) is 4.79 Å². The predicted octanol–water partition coefficient (Wildman–Crippen LogP) is 3.82. The van der Waals surface area contributed by atoms with Crippen molar-refractivity contribution in [3.05, 3.63) is 59.2 Å². The number of hydrogen-bond acceptors (Lipinski definition) is 2. The lowest BCUT2D eigenvalue weighted by Crippen LogP contribution is -2.42. The molecular formula is C18H20N2O. The van der Waals surface area contributed by atoms with E-state index in [1.54, 1.807) is 0 Å². The van der Waals surface area contributed by atoms with E-state index in [4.69, 9.17) is 0 Å². The monoisotopic (exact) mass is 280 g/mol. The van der Waals surface area contributed by atoms with Gasteiger partial charge in [0.25, 0.3) is 5.91 Å². The molecule has 1 atom stereocenters. The van der Waals surface area contributed by atoms with E-state index in [-0.39, 0.29) is 11.9 Å². The van der Waals surface area contributed by atoms with Crippen LogP contribution in [0.4, 0.5) is 11.4 Å². The summed E-state index contributed by atoms with van der Waals surface area (Å²) >= 11 is 0. The highest BCUT2D eigenvalue weighted by atomic mass is 16.2. The fourth-order valence-corrected chi connectivity index (χ4v) is 2.83. The number of hydrogen-bond donors (Lipinski definition) is 1. The van der Waals surface area contributed by atoms with Gasteiger partial charge in [-0.05, 0) is 49.6 Å². The highest BCUT2D eigenvalue weighted by Gasteiger charge is 2.32. The number of anilines is 2. The number of nitrogens with zero attached hydrogens (tertiary/aromatic N) is 1. The Morgan fingerprint density at radius 2 is 1.76 bits per heavy atom. The van der Waals surface area contributed by atoms with E-state index in [0.29, 0.717) is 6.54 Å². The first-order valence-corrected chi connectivity index (χ1v) is 7.36. The SMILES string of the molecule is CCN1C(=O)C(c2ccccc2)Nc2cc(C)c(C)cc21. The summed E-state index contributed by atoms with van der Waals surface area (Å²) in [5, 5.41) is 3.40. The molecule has 1 aliphatic heterocycles. The van der Waals surface area contributed by atoms with Gasteiger partial charge < -0.3 is 10.2 Å². The minimum Gasteiger partial charge on any atom is -0.368 e. The molecule has 0 aliphatic carbocycles. The lowest BCUT2D eigenvalue weighted by Gasteiger charge is -2.35. The van der Waals surface area contributed by atoms with Crippen molar-refractivity contribution in [1.82, 2.24) is 0 Å². The summed E-state index contributed by atoms with van der Waals surface area (Å²) in [6.45, 7) is 6.88. The molecule has 108 valence electrons. The molecule has 0 fully saturated rings. The van der Waals surface area contributed by atoms with Crippen LogP contribution >= 0.6 is 0 Å². The number of fused-ring (bicyclic) bond motifs is 1. The third kappa shape index (κ3) is 2.29. The van der Waals surface area contributed by atoms with Crippen LogP contribution in [0, 0.1) is 13.8 Å². The number of amides is 1. The topological polar surface area (TPSA) is 32.3 Å². The molecule has 1 amide bonds. The number of benzene rings is 2. The van der Waals surface area contributed by atoms with Gasteiger partial charge >= 0.3 is 0 Å². The van der Waals surface area contributed by atoms with Gasteiger partial charge in [-0.1, -0.05) is 30.3 Å². The molecule has 3 nitrogen and oxygen atoms in total. The van der Waals surface area contributed by atoms with Gasteiger partial charge in [-0.25, -0.2) is 0 Å². The molecule has 1 unspecified atom stereocenters. The van der Waals surface area contributed by atoms with Crippen LogP contribution < -0.4 is 10.2 Å². The predicted molar refractivity (Wildman–Crippen MR) is 86.7 cm³/mol. The van der Waals surface area contributed by atoms with Gasteiger partial charge in [-0.2, -0.15) is 0 Å². The molecule has 3 rings (SSSR count). The van der Waals surface area contributed by atoms with E-state index >= 15 is 0 Å². The highest BCUT2D eigenvalue weighted by Crippen LogP contribution is 2.38. The molecule has 0 bridgehead atoms. The van der Waals surface area contributed by atoms with Crippen molar-refractivity contribution < 1.29 is 4.79 Å². The van der Waals surface area contributed by atoms with Crippen molar-refractivity contribution >= 4 is 17.3 Å². The lowest BCUT2D eigenvalue weighted by molar-refractivity contribution is -0.119. The Morgan fingerprint density at radius 3 is 2.43 bits per heavy atom. The van der Waals surface area contributed by atoms with Crippen LogP contribution in [0.25, 0.3) is 0 Å². The van der Waals surface area contributed by atoms with E-state index in [2.05, 4.69) is 31.3 Å². The van der Waals surface area contributed by atoms with E-state index in [1.807, 2.05) is 42.2 Å². The Bertz CT molecular complexity index is 679. The van der Waals surface area contributed by atoms with E-state index in [1.165, 1.54) is 11.1 Å². The summed E-state index contributed by atoms with van der Waals surface area (Å²) in [4.78, 5) is 14.7. The van der Waals surface area contributed by atoms with Gasteiger partial charge in [0.15, 0.2) is 0 Å². The number of nitrogens with one attached hydrogen (secondary N) is 1. The van der Waals surface area contributed by atoms with Crippen LogP contribution in [0.3, 0.4) is 0 Å². The zero-order valence-corrected chi connectivity index (χ0v) is 12.7. The second kappa shape index (κ2) is 5.24. The van der Waals surface area contributed by atoms with Crippen molar-refractivity contribution in [2.75, 3.05) is 16.8 Å². The molecule has 21 heavy (non-hydrogen) atoms. The van der Waals surface area contributed by atoms with Crippen LogP contribution in [-0.2, 0) is 4.79 Å². The Morgan fingerprint density at radius 1 is 1.10 bits per heavy atom. The van der Waals surface area contributed by atoms with Crippen LogP contribution in [0.2, 0.25) is 0 Å². The summed E-state index contributed by atoms with van der Waals surface area (Å²) < 4.78 is 0. The molecular weight excluding hydrogens is 260 g/mol. The van der Waals surface area contributed by atoms with E-state index in [9.17, 15) is 4.79 Å². The minimum atomic E-state index is -0.305. The van der Waals surface area contributed by atoms with E-state index in [0.717, 1.165) is 16.9 Å². The molecule has 0 saturated carbocycles. The second-order valence-electron chi connectivity index (χ2n) is 5.52. The largest absolute Gasteiger partial charge is 0.368 e. The first-order valence-electron chi connectivity index (χ1n) is 7.36. The molecule has 3 heteroatoms.